The zero-order valence-corrected chi connectivity index (χ0v) is 14.1. The van der Waals surface area contributed by atoms with E-state index in [0.717, 1.165) is 49.1 Å². The number of aromatic nitrogens is 1. The van der Waals surface area contributed by atoms with E-state index in [0.29, 0.717) is 13.0 Å². The molecular weight excluding hydrogens is 300 g/mol. The number of nitrogens with one attached hydrogen (secondary N) is 1. The molecule has 0 bridgehead atoms. The average molecular weight is 326 g/mol. The molecule has 128 valence electrons. The Morgan fingerprint density at radius 3 is 2.79 bits per heavy atom. The lowest BCUT2D eigenvalue weighted by Gasteiger charge is -2.29. The minimum Gasteiger partial charge on any atom is -0.341 e. The number of rotatable bonds is 6. The van der Waals surface area contributed by atoms with Crippen LogP contribution in [0.5, 0.6) is 0 Å². The molecule has 1 aromatic heterocycles. The Morgan fingerprint density at radius 2 is 1.96 bits per heavy atom. The smallest absolute Gasteiger partial charge is 0.239 e. The number of piperidine rings is 1. The van der Waals surface area contributed by atoms with Gasteiger partial charge < -0.3 is 16.0 Å². The molecule has 1 fully saturated rings. The monoisotopic (exact) mass is 326 g/mol. The third-order valence-corrected chi connectivity index (χ3v) is 4.58. The van der Waals surface area contributed by atoms with Crippen LogP contribution in [0.25, 0.3) is 10.9 Å². The molecule has 1 amide bonds. The van der Waals surface area contributed by atoms with Crippen LogP contribution < -0.4 is 11.1 Å². The molecular formula is C19H26N4O. The number of amides is 1. The van der Waals surface area contributed by atoms with Crippen molar-refractivity contribution in [3.63, 3.8) is 0 Å². The van der Waals surface area contributed by atoms with Gasteiger partial charge in [-0.05, 0) is 44.4 Å². The van der Waals surface area contributed by atoms with E-state index in [4.69, 9.17) is 5.73 Å². The molecule has 2 heterocycles. The summed E-state index contributed by atoms with van der Waals surface area (Å²) in [6.07, 6.45) is 4.08. The number of fused-ring (bicyclic) bond motifs is 1. The fourth-order valence-electron chi connectivity index (χ4n) is 3.15. The van der Waals surface area contributed by atoms with Gasteiger partial charge in [0.25, 0.3) is 0 Å². The fourth-order valence-corrected chi connectivity index (χ4v) is 3.15. The third kappa shape index (κ3) is 4.30. The maximum Gasteiger partial charge on any atom is 0.239 e. The molecule has 1 aliphatic rings. The van der Waals surface area contributed by atoms with Crippen LogP contribution >= 0.6 is 0 Å². The van der Waals surface area contributed by atoms with Gasteiger partial charge in [-0.2, -0.15) is 0 Å². The standard InChI is InChI=1S/C19H26N4O/c20-17(19(24)23-12-4-1-5-13-23)10-11-21-14-16-9-8-15-6-2-3-7-18(15)22-16/h2-3,6-9,17,21H,1,4-5,10-14,20H2/t17-/m0/s1. The number of pyridine rings is 1. The molecule has 5 nitrogen and oxygen atoms in total. The number of nitrogens with two attached hydrogens (primary N) is 1. The van der Waals surface area contributed by atoms with Crippen molar-refractivity contribution in [1.29, 1.82) is 0 Å². The maximum absolute atomic E-state index is 12.3. The molecule has 1 aliphatic heterocycles. The summed E-state index contributed by atoms with van der Waals surface area (Å²) in [7, 11) is 0. The molecule has 0 unspecified atom stereocenters. The van der Waals surface area contributed by atoms with Gasteiger partial charge in [0.1, 0.15) is 0 Å². The second-order valence-corrected chi connectivity index (χ2v) is 6.45. The molecule has 0 spiro atoms. The summed E-state index contributed by atoms with van der Waals surface area (Å²) in [5.74, 6) is 0.0975. The van der Waals surface area contributed by atoms with Gasteiger partial charge in [-0.25, -0.2) is 0 Å². The summed E-state index contributed by atoms with van der Waals surface area (Å²) in [6, 6.07) is 11.8. The first kappa shape index (κ1) is 16.9. The highest BCUT2D eigenvalue weighted by atomic mass is 16.2. The number of hydrogen-bond donors (Lipinski definition) is 2. The molecule has 0 aliphatic carbocycles. The highest BCUT2D eigenvalue weighted by Gasteiger charge is 2.21. The zero-order chi connectivity index (χ0) is 16.8. The number of nitrogens with zero attached hydrogens (tertiary/aromatic N) is 2. The van der Waals surface area contributed by atoms with E-state index in [-0.39, 0.29) is 5.91 Å². The van der Waals surface area contributed by atoms with Crippen molar-refractivity contribution in [2.75, 3.05) is 19.6 Å². The van der Waals surface area contributed by atoms with Gasteiger partial charge in [-0.15, -0.1) is 0 Å². The summed E-state index contributed by atoms with van der Waals surface area (Å²) in [5, 5.41) is 4.49. The van der Waals surface area contributed by atoms with Crippen LogP contribution in [0.15, 0.2) is 36.4 Å². The van der Waals surface area contributed by atoms with Crippen LogP contribution in [0.1, 0.15) is 31.4 Å². The average Bonchev–Trinajstić information content (AvgIpc) is 2.65. The molecule has 2 aromatic rings. The predicted molar refractivity (Wildman–Crippen MR) is 96.5 cm³/mol. The highest BCUT2D eigenvalue weighted by Crippen LogP contribution is 2.12. The highest BCUT2D eigenvalue weighted by molar-refractivity contribution is 5.81. The first-order chi connectivity index (χ1) is 11.7. The van der Waals surface area contributed by atoms with E-state index in [1.165, 1.54) is 6.42 Å². The van der Waals surface area contributed by atoms with E-state index >= 15 is 0 Å². The summed E-state index contributed by atoms with van der Waals surface area (Å²) in [5.41, 5.74) is 8.07. The van der Waals surface area contributed by atoms with Crippen LogP contribution in [0.2, 0.25) is 0 Å². The largest absolute Gasteiger partial charge is 0.341 e. The van der Waals surface area contributed by atoms with Gasteiger partial charge in [-0.3, -0.25) is 9.78 Å². The molecule has 0 radical (unpaired) electrons. The Labute approximate surface area is 143 Å². The Balaban J connectivity index is 1.43. The van der Waals surface area contributed by atoms with Gasteiger partial charge in [-0.1, -0.05) is 24.3 Å². The summed E-state index contributed by atoms with van der Waals surface area (Å²) >= 11 is 0. The summed E-state index contributed by atoms with van der Waals surface area (Å²) < 4.78 is 0. The Hall–Kier alpha value is -1.98. The minimum absolute atomic E-state index is 0.0975. The number of likely N-dealkylation sites (tertiary alicyclic amines) is 1. The van der Waals surface area contributed by atoms with E-state index in [1.807, 2.05) is 29.2 Å². The van der Waals surface area contributed by atoms with Gasteiger partial charge in [0.2, 0.25) is 5.91 Å². The van der Waals surface area contributed by atoms with Gasteiger partial charge in [0.05, 0.1) is 17.3 Å². The van der Waals surface area contributed by atoms with Gasteiger partial charge in [0, 0.05) is 25.0 Å². The normalized spacial score (nSPS) is 16.3. The minimum atomic E-state index is -0.403. The lowest BCUT2D eigenvalue weighted by Crippen LogP contribution is -2.46. The summed E-state index contributed by atoms with van der Waals surface area (Å²) in [6.45, 7) is 3.13. The Kier molecular flexibility index (Phi) is 5.77. The Bertz CT molecular complexity index is 682. The topological polar surface area (TPSA) is 71.2 Å². The number of carbonyl (C=O) groups excluding carboxylic acids is 1. The van der Waals surface area contributed by atoms with Crippen LogP contribution in [0, 0.1) is 0 Å². The number of hydrogen-bond acceptors (Lipinski definition) is 4. The summed E-state index contributed by atoms with van der Waals surface area (Å²) in [4.78, 5) is 18.8. The fraction of sp³-hybridized carbons (Fsp3) is 0.474. The van der Waals surface area contributed by atoms with E-state index in [2.05, 4.69) is 22.4 Å². The van der Waals surface area contributed by atoms with E-state index in [1.54, 1.807) is 0 Å². The zero-order valence-electron chi connectivity index (χ0n) is 14.1. The number of carbonyl (C=O) groups is 1. The van der Waals surface area contributed by atoms with Gasteiger partial charge >= 0.3 is 0 Å². The lowest BCUT2D eigenvalue weighted by molar-refractivity contribution is -0.133. The molecule has 5 heteroatoms. The van der Waals surface area contributed by atoms with Crippen molar-refractivity contribution in [2.24, 2.45) is 5.73 Å². The van der Waals surface area contributed by atoms with Crippen molar-refractivity contribution in [3.05, 3.63) is 42.1 Å². The van der Waals surface area contributed by atoms with Crippen LogP contribution in [0.3, 0.4) is 0 Å². The molecule has 1 saturated heterocycles. The second kappa shape index (κ2) is 8.22. The van der Waals surface area contributed by atoms with E-state index in [9.17, 15) is 4.79 Å². The predicted octanol–water partition coefficient (Wildman–Crippen LogP) is 2.05. The molecule has 0 saturated carbocycles. The SMILES string of the molecule is N[C@@H](CCNCc1ccc2ccccc2n1)C(=O)N1CCCCC1. The Morgan fingerprint density at radius 1 is 1.17 bits per heavy atom. The first-order valence-electron chi connectivity index (χ1n) is 8.84. The third-order valence-electron chi connectivity index (χ3n) is 4.58. The molecule has 3 N–H and O–H groups in total. The maximum atomic E-state index is 12.3. The van der Waals surface area contributed by atoms with Crippen molar-refractivity contribution in [2.45, 2.75) is 38.3 Å². The first-order valence-corrected chi connectivity index (χ1v) is 8.84. The van der Waals surface area contributed by atoms with Crippen LogP contribution in [0.4, 0.5) is 0 Å². The molecule has 3 rings (SSSR count). The van der Waals surface area contributed by atoms with Crippen molar-refractivity contribution >= 4 is 16.8 Å². The number of benzene rings is 1. The quantitative estimate of drug-likeness (QED) is 0.797. The van der Waals surface area contributed by atoms with E-state index < -0.39 is 6.04 Å². The lowest BCUT2D eigenvalue weighted by atomic mass is 10.1. The van der Waals surface area contributed by atoms with Crippen molar-refractivity contribution in [3.8, 4) is 0 Å². The second-order valence-electron chi connectivity index (χ2n) is 6.45. The van der Waals surface area contributed by atoms with Gasteiger partial charge in [0.15, 0.2) is 0 Å². The molecule has 24 heavy (non-hydrogen) atoms. The van der Waals surface area contributed by atoms with Crippen molar-refractivity contribution < 1.29 is 4.79 Å². The van der Waals surface area contributed by atoms with Crippen LogP contribution in [-0.4, -0.2) is 41.5 Å². The van der Waals surface area contributed by atoms with Crippen LogP contribution in [-0.2, 0) is 11.3 Å². The molecule has 1 atom stereocenters. The molecule has 1 aromatic carbocycles. The number of para-hydroxylation sites is 1. The van der Waals surface area contributed by atoms with Crippen molar-refractivity contribution in [1.82, 2.24) is 15.2 Å².